The molecule has 4 N–H and O–H groups in total. The van der Waals surface area contributed by atoms with Crippen LogP contribution in [0.1, 0.15) is 13.3 Å². The van der Waals surface area contributed by atoms with Crippen LogP contribution in [0.4, 0.5) is 5.82 Å². The average molecular weight is 308 g/mol. The molecule has 0 spiro atoms. The molecule has 0 fully saturated rings. The summed E-state index contributed by atoms with van der Waals surface area (Å²) >= 11 is 1.97. The maximum Gasteiger partial charge on any atom is 0.266 e. The molecule has 0 aromatic carbocycles. The predicted octanol–water partition coefficient (Wildman–Crippen LogP) is 0.524. The molecule has 0 radical (unpaired) electrons. The van der Waals surface area contributed by atoms with Crippen LogP contribution in [0.2, 0.25) is 0 Å². The second-order valence-corrected chi connectivity index (χ2v) is 4.10. The highest BCUT2D eigenvalue weighted by Crippen LogP contribution is 2.10. The van der Waals surface area contributed by atoms with Crippen molar-refractivity contribution < 1.29 is 0 Å². The van der Waals surface area contributed by atoms with Crippen LogP contribution < -0.4 is 16.6 Å². The van der Waals surface area contributed by atoms with E-state index in [0.29, 0.717) is 15.9 Å². The first kappa shape index (κ1) is 11.4. The Balaban J connectivity index is 2.76. The van der Waals surface area contributed by atoms with Gasteiger partial charge in [0.1, 0.15) is 9.39 Å². The van der Waals surface area contributed by atoms with Crippen LogP contribution in [0.15, 0.2) is 11.1 Å². The van der Waals surface area contributed by atoms with Crippen molar-refractivity contribution in [3.05, 3.63) is 20.3 Å². The van der Waals surface area contributed by atoms with Gasteiger partial charge in [-0.3, -0.25) is 4.79 Å². The molecule has 0 bridgehead atoms. The van der Waals surface area contributed by atoms with Gasteiger partial charge in [-0.25, -0.2) is 4.98 Å². The summed E-state index contributed by atoms with van der Waals surface area (Å²) in [7, 11) is 0. The SMILES string of the molecule is CC(CCN)Nc1nc[nH]c(=O)c1I. The number of nitrogens with one attached hydrogen (secondary N) is 2. The molecule has 5 nitrogen and oxygen atoms in total. The number of anilines is 1. The lowest BCUT2D eigenvalue weighted by Gasteiger charge is -2.13. The first-order chi connectivity index (χ1) is 6.65. The lowest BCUT2D eigenvalue weighted by molar-refractivity contribution is 0.712. The Labute approximate surface area is 95.6 Å². The summed E-state index contributed by atoms with van der Waals surface area (Å²) in [6.45, 7) is 2.62. The molecule has 0 saturated heterocycles. The van der Waals surface area contributed by atoms with Crippen LogP contribution in [-0.2, 0) is 0 Å². The van der Waals surface area contributed by atoms with Crippen LogP contribution in [0.3, 0.4) is 0 Å². The lowest BCUT2D eigenvalue weighted by atomic mass is 10.2. The van der Waals surface area contributed by atoms with E-state index < -0.39 is 0 Å². The van der Waals surface area contributed by atoms with E-state index in [4.69, 9.17) is 5.73 Å². The Morgan fingerprint density at radius 1 is 1.79 bits per heavy atom. The highest BCUT2D eigenvalue weighted by molar-refractivity contribution is 14.1. The summed E-state index contributed by atoms with van der Waals surface area (Å²) in [5.74, 6) is 0.621. The van der Waals surface area contributed by atoms with Gasteiger partial charge in [-0.15, -0.1) is 0 Å². The predicted molar refractivity (Wildman–Crippen MR) is 64.3 cm³/mol. The first-order valence-electron chi connectivity index (χ1n) is 4.35. The second kappa shape index (κ2) is 5.30. The van der Waals surface area contributed by atoms with E-state index >= 15 is 0 Å². The molecule has 1 aromatic rings. The van der Waals surface area contributed by atoms with E-state index in [9.17, 15) is 4.79 Å². The van der Waals surface area contributed by atoms with Gasteiger partial charge in [-0.05, 0) is 42.5 Å². The van der Waals surface area contributed by atoms with Crippen molar-refractivity contribution in [3.63, 3.8) is 0 Å². The van der Waals surface area contributed by atoms with Crippen LogP contribution in [0.25, 0.3) is 0 Å². The third kappa shape index (κ3) is 2.95. The van der Waals surface area contributed by atoms with Crippen LogP contribution in [-0.4, -0.2) is 22.6 Å². The van der Waals surface area contributed by atoms with Crippen LogP contribution in [0.5, 0.6) is 0 Å². The molecule has 1 unspecified atom stereocenters. The average Bonchev–Trinajstić information content (AvgIpc) is 2.13. The topological polar surface area (TPSA) is 83.8 Å². The molecule has 0 aliphatic heterocycles. The van der Waals surface area contributed by atoms with Gasteiger partial charge >= 0.3 is 0 Å². The number of hydrogen-bond acceptors (Lipinski definition) is 4. The molecule has 1 rings (SSSR count). The van der Waals surface area contributed by atoms with Crippen molar-refractivity contribution in [1.82, 2.24) is 9.97 Å². The summed E-state index contributed by atoms with van der Waals surface area (Å²) in [6.07, 6.45) is 2.24. The summed E-state index contributed by atoms with van der Waals surface area (Å²) in [4.78, 5) is 17.8. The van der Waals surface area contributed by atoms with Gasteiger partial charge in [0.15, 0.2) is 0 Å². The molecule has 1 heterocycles. The van der Waals surface area contributed by atoms with Crippen molar-refractivity contribution >= 4 is 28.4 Å². The van der Waals surface area contributed by atoms with Gasteiger partial charge < -0.3 is 16.0 Å². The minimum absolute atomic E-state index is 0.122. The van der Waals surface area contributed by atoms with Crippen molar-refractivity contribution in [1.29, 1.82) is 0 Å². The van der Waals surface area contributed by atoms with Crippen molar-refractivity contribution in [3.8, 4) is 0 Å². The van der Waals surface area contributed by atoms with Crippen LogP contribution in [0, 0.1) is 3.57 Å². The second-order valence-electron chi connectivity index (χ2n) is 3.02. The summed E-state index contributed by atoms with van der Waals surface area (Å²) in [5.41, 5.74) is 5.30. The minimum atomic E-state index is -0.122. The molecular weight excluding hydrogens is 295 g/mol. The van der Waals surface area contributed by atoms with Crippen molar-refractivity contribution in [2.24, 2.45) is 5.73 Å². The molecule has 0 aliphatic rings. The molecule has 1 atom stereocenters. The Morgan fingerprint density at radius 2 is 2.50 bits per heavy atom. The molecule has 0 amide bonds. The highest BCUT2D eigenvalue weighted by atomic mass is 127. The number of nitrogens with zero attached hydrogens (tertiary/aromatic N) is 1. The maximum absolute atomic E-state index is 11.2. The Hall–Kier alpha value is -0.630. The Bertz CT molecular complexity index is 351. The van der Waals surface area contributed by atoms with Gasteiger partial charge in [0.25, 0.3) is 5.56 Å². The fourth-order valence-corrected chi connectivity index (χ4v) is 1.49. The fourth-order valence-electron chi connectivity index (χ4n) is 1.04. The molecule has 0 aliphatic carbocycles. The van der Waals surface area contributed by atoms with E-state index in [2.05, 4.69) is 15.3 Å². The van der Waals surface area contributed by atoms with Gasteiger partial charge in [0.05, 0.1) is 6.33 Å². The molecular formula is C8H13IN4O. The quantitative estimate of drug-likeness (QED) is 0.708. The van der Waals surface area contributed by atoms with Gasteiger partial charge in [-0.2, -0.15) is 0 Å². The van der Waals surface area contributed by atoms with E-state index in [1.165, 1.54) is 6.33 Å². The number of aromatic nitrogens is 2. The maximum atomic E-state index is 11.2. The van der Waals surface area contributed by atoms with Gasteiger partial charge in [0, 0.05) is 6.04 Å². The Kier molecular flexibility index (Phi) is 4.33. The molecule has 6 heteroatoms. The number of aromatic amines is 1. The van der Waals surface area contributed by atoms with Crippen molar-refractivity contribution in [2.45, 2.75) is 19.4 Å². The third-order valence-corrected chi connectivity index (χ3v) is 2.78. The highest BCUT2D eigenvalue weighted by Gasteiger charge is 2.07. The normalized spacial score (nSPS) is 12.5. The standard InChI is InChI=1S/C8H13IN4O/c1-5(2-3-10)13-7-6(9)8(14)12-4-11-7/h4-5H,2-3,10H2,1H3,(H2,11,12,13,14). The van der Waals surface area contributed by atoms with E-state index in [1.54, 1.807) is 0 Å². The lowest BCUT2D eigenvalue weighted by Crippen LogP contribution is -2.23. The van der Waals surface area contributed by atoms with E-state index in [-0.39, 0.29) is 11.6 Å². The fraction of sp³-hybridized carbons (Fsp3) is 0.500. The zero-order chi connectivity index (χ0) is 10.6. The largest absolute Gasteiger partial charge is 0.366 e. The zero-order valence-corrected chi connectivity index (χ0v) is 10.0. The summed E-state index contributed by atoms with van der Waals surface area (Å²) < 4.78 is 0.578. The van der Waals surface area contributed by atoms with E-state index in [1.807, 2.05) is 29.5 Å². The molecule has 78 valence electrons. The van der Waals surface area contributed by atoms with Gasteiger partial charge in [-0.1, -0.05) is 0 Å². The third-order valence-electron chi connectivity index (χ3n) is 1.78. The minimum Gasteiger partial charge on any atom is -0.366 e. The molecule has 1 aromatic heterocycles. The molecule has 0 saturated carbocycles. The summed E-state index contributed by atoms with van der Waals surface area (Å²) in [5, 5.41) is 3.13. The first-order valence-corrected chi connectivity index (χ1v) is 5.42. The monoisotopic (exact) mass is 308 g/mol. The summed E-state index contributed by atoms with van der Waals surface area (Å²) in [6, 6.07) is 0.225. The number of hydrogen-bond donors (Lipinski definition) is 3. The van der Waals surface area contributed by atoms with Gasteiger partial charge in [0.2, 0.25) is 0 Å². The Morgan fingerprint density at radius 3 is 3.14 bits per heavy atom. The molecule has 14 heavy (non-hydrogen) atoms. The van der Waals surface area contributed by atoms with Crippen molar-refractivity contribution in [2.75, 3.05) is 11.9 Å². The smallest absolute Gasteiger partial charge is 0.266 e. The van der Waals surface area contributed by atoms with E-state index in [0.717, 1.165) is 6.42 Å². The number of nitrogens with two attached hydrogens (primary N) is 1. The zero-order valence-electron chi connectivity index (χ0n) is 7.88. The number of H-pyrrole nitrogens is 1. The number of halogens is 1. The van der Waals surface area contributed by atoms with Crippen LogP contribution >= 0.6 is 22.6 Å². The number of rotatable bonds is 4.